The second kappa shape index (κ2) is 8.00. The molecule has 0 unspecified atom stereocenters. The van der Waals surface area contributed by atoms with Crippen molar-refractivity contribution in [2.24, 2.45) is 0 Å². The number of allylic oxidation sites excluding steroid dienone is 2. The van der Waals surface area contributed by atoms with Gasteiger partial charge in [0.2, 0.25) is 0 Å². The van der Waals surface area contributed by atoms with Gasteiger partial charge in [0.15, 0.2) is 5.78 Å². The fourth-order valence-corrected chi connectivity index (χ4v) is 4.35. The van der Waals surface area contributed by atoms with Crippen LogP contribution in [-0.2, 0) is 4.79 Å². The van der Waals surface area contributed by atoms with Gasteiger partial charge in [0.25, 0.3) is 5.91 Å². The summed E-state index contributed by atoms with van der Waals surface area (Å²) >= 11 is 0. The summed E-state index contributed by atoms with van der Waals surface area (Å²) in [7, 11) is 1.62. The van der Waals surface area contributed by atoms with Crippen molar-refractivity contribution in [3.05, 3.63) is 82.7 Å². The lowest BCUT2D eigenvalue weighted by Gasteiger charge is -2.33. The number of anilines is 2. The largest absolute Gasteiger partial charge is 0.497 e. The van der Waals surface area contributed by atoms with E-state index in [1.807, 2.05) is 55.5 Å². The Morgan fingerprint density at radius 1 is 1.12 bits per heavy atom. The highest BCUT2D eigenvalue weighted by atomic mass is 16.5. The fraction of sp³-hybridized carbons (Fsp3) is 0.240. The van der Waals surface area contributed by atoms with Crippen LogP contribution in [0, 0.1) is 6.92 Å². The molecule has 1 aliphatic heterocycles. The molecule has 7 nitrogen and oxygen atoms in total. The summed E-state index contributed by atoms with van der Waals surface area (Å²) in [6.45, 7) is 2.00. The van der Waals surface area contributed by atoms with E-state index in [2.05, 4.69) is 15.7 Å². The average molecular weight is 428 g/mol. The van der Waals surface area contributed by atoms with Crippen LogP contribution in [0.5, 0.6) is 5.75 Å². The van der Waals surface area contributed by atoms with E-state index in [9.17, 15) is 9.59 Å². The van der Waals surface area contributed by atoms with Gasteiger partial charge < -0.3 is 15.4 Å². The molecule has 0 saturated carbocycles. The quantitative estimate of drug-likeness (QED) is 0.640. The van der Waals surface area contributed by atoms with Crippen LogP contribution >= 0.6 is 0 Å². The van der Waals surface area contributed by atoms with Crippen molar-refractivity contribution >= 4 is 23.2 Å². The minimum Gasteiger partial charge on any atom is -0.497 e. The van der Waals surface area contributed by atoms with E-state index < -0.39 is 0 Å². The number of Topliss-reactive ketones (excluding diaryl/α,β-unsaturated/α-hetero) is 1. The first kappa shape index (κ1) is 20.1. The number of methoxy groups -OCH3 is 1. The average Bonchev–Trinajstić information content (AvgIpc) is 3.23. The lowest BCUT2D eigenvalue weighted by molar-refractivity contribution is -0.116. The molecule has 3 aromatic rings. The molecule has 1 aromatic heterocycles. The first-order chi connectivity index (χ1) is 15.5. The smallest absolute Gasteiger partial charge is 0.261 e. The molecule has 0 radical (unpaired) electrons. The SMILES string of the molecule is COc1ccc([C@@H]2C3=C(CCCC3=O)Nc3c(C(=O)Nc4ccc(C)cc4)cnn32)cc1. The number of nitrogens with one attached hydrogen (secondary N) is 2. The molecule has 32 heavy (non-hydrogen) atoms. The number of aryl methyl sites for hydroxylation is 1. The van der Waals surface area contributed by atoms with E-state index in [0.29, 0.717) is 17.8 Å². The second-order valence-electron chi connectivity index (χ2n) is 8.14. The van der Waals surface area contributed by atoms with Crippen LogP contribution < -0.4 is 15.4 Å². The summed E-state index contributed by atoms with van der Waals surface area (Å²) in [5, 5.41) is 10.8. The standard InChI is InChI=1S/C25H24N4O3/c1-15-6-10-17(11-7-15)27-25(31)19-14-26-29-23(16-8-12-18(32-2)13-9-16)22-20(28-24(19)29)4-3-5-21(22)30/h6-14,23,28H,3-5H2,1-2H3,(H,27,31)/t23-/m1/s1. The molecular formula is C25H24N4O3. The number of amides is 1. The van der Waals surface area contributed by atoms with Crippen molar-refractivity contribution in [2.45, 2.75) is 32.2 Å². The molecule has 2 aromatic carbocycles. The zero-order chi connectivity index (χ0) is 22.2. The van der Waals surface area contributed by atoms with Gasteiger partial charge in [-0.3, -0.25) is 9.59 Å². The zero-order valence-electron chi connectivity index (χ0n) is 18.0. The monoisotopic (exact) mass is 428 g/mol. The molecule has 5 rings (SSSR count). The molecular weight excluding hydrogens is 404 g/mol. The van der Waals surface area contributed by atoms with Gasteiger partial charge in [0.1, 0.15) is 23.2 Å². The number of ketones is 1. The molecule has 2 N–H and O–H groups in total. The van der Waals surface area contributed by atoms with Crippen LogP contribution in [0.25, 0.3) is 0 Å². The van der Waals surface area contributed by atoms with E-state index in [-0.39, 0.29) is 17.7 Å². The zero-order valence-corrected chi connectivity index (χ0v) is 18.0. The number of nitrogens with zero attached hydrogens (tertiary/aromatic N) is 2. The van der Waals surface area contributed by atoms with Gasteiger partial charge in [0, 0.05) is 23.4 Å². The molecule has 0 fully saturated rings. The third kappa shape index (κ3) is 3.45. The van der Waals surface area contributed by atoms with Gasteiger partial charge in [-0.25, -0.2) is 4.68 Å². The van der Waals surface area contributed by atoms with E-state index in [1.165, 1.54) is 0 Å². The maximum absolute atomic E-state index is 13.1. The Hall–Kier alpha value is -3.87. The molecule has 1 atom stereocenters. The Bertz CT molecular complexity index is 1220. The Labute approximate surface area is 186 Å². The summed E-state index contributed by atoms with van der Waals surface area (Å²) < 4.78 is 7.03. The highest BCUT2D eigenvalue weighted by molar-refractivity contribution is 6.08. The lowest BCUT2D eigenvalue weighted by Crippen LogP contribution is -2.32. The van der Waals surface area contributed by atoms with Crippen molar-refractivity contribution < 1.29 is 14.3 Å². The Kier molecular flexibility index (Phi) is 5.01. The molecule has 1 aliphatic carbocycles. The van der Waals surface area contributed by atoms with Crippen molar-refractivity contribution in [3.63, 3.8) is 0 Å². The number of aromatic nitrogens is 2. The predicted octanol–water partition coefficient (Wildman–Crippen LogP) is 4.47. The van der Waals surface area contributed by atoms with Gasteiger partial charge in [-0.15, -0.1) is 0 Å². The Morgan fingerprint density at radius 2 is 1.88 bits per heavy atom. The first-order valence-electron chi connectivity index (χ1n) is 10.7. The van der Waals surface area contributed by atoms with Crippen molar-refractivity contribution in [1.29, 1.82) is 0 Å². The third-order valence-electron chi connectivity index (χ3n) is 6.02. The molecule has 7 heteroatoms. The van der Waals surface area contributed by atoms with Crippen LogP contribution in [0.3, 0.4) is 0 Å². The molecule has 0 saturated heterocycles. The van der Waals surface area contributed by atoms with Crippen LogP contribution in [0.4, 0.5) is 11.5 Å². The lowest BCUT2D eigenvalue weighted by atomic mass is 9.85. The summed E-state index contributed by atoms with van der Waals surface area (Å²) in [6, 6.07) is 14.9. The van der Waals surface area contributed by atoms with Crippen LogP contribution in [0.1, 0.15) is 46.8 Å². The maximum Gasteiger partial charge on any atom is 0.261 e. The van der Waals surface area contributed by atoms with Crippen LogP contribution in [-0.4, -0.2) is 28.6 Å². The number of ether oxygens (including phenoxy) is 1. The topological polar surface area (TPSA) is 85.2 Å². The number of carbonyl (C=O) groups excluding carboxylic acids is 2. The van der Waals surface area contributed by atoms with Gasteiger partial charge in [-0.2, -0.15) is 5.10 Å². The van der Waals surface area contributed by atoms with Gasteiger partial charge >= 0.3 is 0 Å². The number of hydrogen-bond acceptors (Lipinski definition) is 5. The number of benzene rings is 2. The van der Waals surface area contributed by atoms with Gasteiger partial charge in [-0.1, -0.05) is 29.8 Å². The molecule has 2 heterocycles. The number of carbonyl (C=O) groups is 2. The normalized spacial score (nSPS) is 17.3. The Morgan fingerprint density at radius 3 is 2.59 bits per heavy atom. The first-order valence-corrected chi connectivity index (χ1v) is 10.7. The van der Waals surface area contributed by atoms with E-state index >= 15 is 0 Å². The highest BCUT2D eigenvalue weighted by Gasteiger charge is 2.37. The predicted molar refractivity (Wildman–Crippen MR) is 122 cm³/mol. The molecule has 2 aliphatic rings. The van der Waals surface area contributed by atoms with Crippen molar-refractivity contribution in [2.75, 3.05) is 17.7 Å². The summed E-state index contributed by atoms with van der Waals surface area (Å²) in [6.07, 6.45) is 3.63. The Balaban J connectivity index is 1.55. The fourth-order valence-electron chi connectivity index (χ4n) is 4.35. The van der Waals surface area contributed by atoms with E-state index in [0.717, 1.165) is 46.7 Å². The van der Waals surface area contributed by atoms with Gasteiger partial charge in [-0.05, 0) is 49.6 Å². The summed E-state index contributed by atoms with van der Waals surface area (Å²) in [5.41, 5.74) is 4.80. The highest BCUT2D eigenvalue weighted by Crippen LogP contribution is 2.41. The molecule has 1 amide bonds. The van der Waals surface area contributed by atoms with E-state index in [4.69, 9.17) is 4.74 Å². The maximum atomic E-state index is 13.1. The minimum atomic E-state index is -0.388. The summed E-state index contributed by atoms with van der Waals surface area (Å²) in [5.74, 6) is 1.21. The van der Waals surface area contributed by atoms with Gasteiger partial charge in [0.05, 0.1) is 13.3 Å². The molecule has 162 valence electrons. The molecule has 0 spiro atoms. The minimum absolute atomic E-state index is 0.117. The summed E-state index contributed by atoms with van der Waals surface area (Å²) in [4.78, 5) is 26.0. The second-order valence-corrected chi connectivity index (χ2v) is 8.14. The van der Waals surface area contributed by atoms with Crippen molar-refractivity contribution in [3.8, 4) is 5.75 Å². The van der Waals surface area contributed by atoms with E-state index in [1.54, 1.807) is 18.0 Å². The molecule has 0 bridgehead atoms. The van der Waals surface area contributed by atoms with Crippen molar-refractivity contribution in [1.82, 2.24) is 9.78 Å². The van der Waals surface area contributed by atoms with Crippen LogP contribution in [0.15, 0.2) is 66.0 Å². The third-order valence-corrected chi connectivity index (χ3v) is 6.02. The van der Waals surface area contributed by atoms with Crippen LogP contribution in [0.2, 0.25) is 0 Å². The number of hydrogen-bond donors (Lipinski definition) is 2. The number of rotatable bonds is 4. The number of fused-ring (bicyclic) bond motifs is 1.